The van der Waals surface area contributed by atoms with Gasteiger partial charge in [-0.25, -0.2) is 4.98 Å². The van der Waals surface area contributed by atoms with Gasteiger partial charge in [0.05, 0.1) is 17.1 Å². The SMILES string of the molecule is CO/N=C(\C(=O)NC1C(=O)N2C(C(=O)[O-])=C(/C=C/C[n+]3cc4cc(O)c(O)cc4cn3)CS[C@H]12)c1csc(N)n1. The lowest BCUT2D eigenvalue weighted by molar-refractivity contribution is -0.743. The smallest absolute Gasteiger partial charge is 0.276 e. The van der Waals surface area contributed by atoms with Crippen LogP contribution in [0, 0.1) is 0 Å². The summed E-state index contributed by atoms with van der Waals surface area (Å²) in [6.07, 6.45) is 6.44. The summed E-state index contributed by atoms with van der Waals surface area (Å²) < 4.78 is 1.56. The van der Waals surface area contributed by atoms with E-state index in [2.05, 4.69) is 20.6 Å². The fourth-order valence-corrected chi connectivity index (χ4v) is 6.09. The normalized spacial score (nSPS) is 19.1. The van der Waals surface area contributed by atoms with Crippen molar-refractivity contribution in [2.75, 3.05) is 18.6 Å². The van der Waals surface area contributed by atoms with Crippen LogP contribution in [0.25, 0.3) is 10.8 Å². The molecule has 2 aliphatic heterocycles. The summed E-state index contributed by atoms with van der Waals surface area (Å²) in [5.41, 5.74) is 5.74. The maximum absolute atomic E-state index is 13.0. The van der Waals surface area contributed by atoms with Crippen LogP contribution in [0.5, 0.6) is 11.5 Å². The molecule has 2 atom stereocenters. The van der Waals surface area contributed by atoms with E-state index in [1.165, 1.54) is 42.6 Å². The standard InChI is InChI=1S/C24H21N7O7S2/c1-38-29-17(14-10-40-24(25)27-14)20(34)28-18-21(35)31-19(23(36)37)11(9-39-22(18)31)3-2-4-30-8-13-6-16(33)15(32)5-12(13)7-26-30/h2-3,5-8,10,18,22H,4,9H2,1H3,(H5,25,27,28,33,34,36,37)/b3-2+,29-17-/t18?,22-/m1/s1. The molecule has 16 heteroatoms. The first-order valence-corrected chi connectivity index (χ1v) is 13.5. The molecule has 2 amide bonds. The van der Waals surface area contributed by atoms with Crippen LogP contribution in [-0.4, -0.2) is 73.0 Å². The summed E-state index contributed by atoms with van der Waals surface area (Å²) in [6, 6.07) is 1.80. The zero-order valence-electron chi connectivity index (χ0n) is 20.7. The highest BCUT2D eigenvalue weighted by molar-refractivity contribution is 8.00. The number of amides is 2. The molecule has 2 aliphatic rings. The minimum atomic E-state index is -1.52. The molecule has 1 saturated heterocycles. The number of thiazole rings is 1. The van der Waals surface area contributed by atoms with Crippen LogP contribution in [0.3, 0.4) is 0 Å². The van der Waals surface area contributed by atoms with Gasteiger partial charge in [0.2, 0.25) is 6.20 Å². The number of aliphatic carboxylic acids is 1. The summed E-state index contributed by atoms with van der Waals surface area (Å²) in [7, 11) is 1.26. The summed E-state index contributed by atoms with van der Waals surface area (Å²) >= 11 is 2.39. The molecular formula is C24H21N7O7S2. The number of nitrogen functional groups attached to an aromatic ring is 1. The molecule has 0 spiro atoms. The molecular weight excluding hydrogens is 562 g/mol. The first-order valence-electron chi connectivity index (χ1n) is 11.6. The Kier molecular flexibility index (Phi) is 7.27. The molecule has 0 bridgehead atoms. The number of aromatic hydroxyl groups is 2. The van der Waals surface area contributed by atoms with E-state index in [1.807, 2.05) is 0 Å². The number of oxime groups is 1. The Morgan fingerprint density at radius 1 is 1.35 bits per heavy atom. The van der Waals surface area contributed by atoms with Crippen LogP contribution < -0.4 is 20.8 Å². The van der Waals surface area contributed by atoms with Crippen molar-refractivity contribution in [2.24, 2.45) is 5.16 Å². The average Bonchev–Trinajstić information content (AvgIpc) is 3.36. The number of carboxylic acid groups (broad SMARTS) is 1. The molecule has 0 saturated carbocycles. The number of aromatic nitrogens is 3. The topological polar surface area (TPSA) is 207 Å². The highest BCUT2D eigenvalue weighted by Crippen LogP contribution is 2.40. The Hall–Kier alpha value is -4.70. The van der Waals surface area contributed by atoms with Crippen molar-refractivity contribution in [3.05, 3.63) is 59.0 Å². The Morgan fingerprint density at radius 2 is 2.10 bits per heavy atom. The van der Waals surface area contributed by atoms with E-state index in [9.17, 15) is 29.7 Å². The average molecular weight is 584 g/mol. The molecule has 4 heterocycles. The molecule has 40 heavy (non-hydrogen) atoms. The van der Waals surface area contributed by atoms with Crippen molar-refractivity contribution in [2.45, 2.75) is 18.0 Å². The minimum Gasteiger partial charge on any atom is -0.543 e. The number of benzene rings is 1. The second kappa shape index (κ2) is 10.8. The number of rotatable bonds is 8. The number of thioether (sulfide) groups is 1. The van der Waals surface area contributed by atoms with Gasteiger partial charge in [0.25, 0.3) is 11.8 Å². The van der Waals surface area contributed by atoms with E-state index < -0.39 is 29.2 Å². The molecule has 1 aromatic carbocycles. The zero-order valence-corrected chi connectivity index (χ0v) is 22.3. The highest BCUT2D eigenvalue weighted by Gasteiger charge is 2.53. The van der Waals surface area contributed by atoms with Gasteiger partial charge in [0, 0.05) is 16.5 Å². The summed E-state index contributed by atoms with van der Waals surface area (Å²) in [5, 5.41) is 44.3. The van der Waals surface area contributed by atoms with Crippen molar-refractivity contribution in [1.29, 1.82) is 0 Å². The quantitative estimate of drug-likeness (QED) is 0.0830. The lowest BCUT2D eigenvalue weighted by Crippen LogP contribution is -2.71. The number of anilines is 1. The first kappa shape index (κ1) is 26.9. The van der Waals surface area contributed by atoms with Gasteiger partial charge in [-0.15, -0.1) is 23.1 Å². The van der Waals surface area contributed by atoms with Crippen molar-refractivity contribution in [3.8, 4) is 11.5 Å². The molecule has 206 valence electrons. The number of β-lactam (4-membered cyclic amide) rings is 1. The first-order chi connectivity index (χ1) is 19.2. The number of nitrogens with zero attached hydrogens (tertiary/aromatic N) is 5. The zero-order chi connectivity index (χ0) is 28.6. The summed E-state index contributed by atoms with van der Waals surface area (Å²) in [6.45, 7) is 0.255. The van der Waals surface area contributed by atoms with E-state index >= 15 is 0 Å². The van der Waals surface area contributed by atoms with Gasteiger partial charge in [-0.3, -0.25) is 14.5 Å². The predicted octanol–water partition coefficient (Wildman–Crippen LogP) is -1.02. The second-order valence-electron chi connectivity index (χ2n) is 8.58. The number of fused-ring (bicyclic) bond motifs is 2. The third-order valence-electron chi connectivity index (χ3n) is 6.06. The van der Waals surface area contributed by atoms with Crippen LogP contribution in [-0.2, 0) is 25.8 Å². The maximum Gasteiger partial charge on any atom is 0.276 e. The van der Waals surface area contributed by atoms with Gasteiger partial charge in [-0.05, 0) is 28.9 Å². The number of carbonyl (C=O) groups is 3. The lowest BCUT2D eigenvalue weighted by atomic mass is 10.0. The number of allylic oxidation sites excluding steroid dienone is 2. The number of nitrogens with two attached hydrogens (primary N) is 1. The molecule has 2 aromatic heterocycles. The molecule has 5 rings (SSSR count). The predicted molar refractivity (Wildman–Crippen MR) is 142 cm³/mol. The van der Waals surface area contributed by atoms with Gasteiger partial charge in [-0.2, -0.15) is 0 Å². The van der Waals surface area contributed by atoms with E-state index in [0.29, 0.717) is 16.3 Å². The minimum absolute atomic E-state index is 0.173. The van der Waals surface area contributed by atoms with Gasteiger partial charge >= 0.3 is 0 Å². The Morgan fingerprint density at radius 3 is 2.77 bits per heavy atom. The highest BCUT2D eigenvalue weighted by atomic mass is 32.2. The summed E-state index contributed by atoms with van der Waals surface area (Å²) in [5.74, 6) is -3.13. The number of phenols is 2. The van der Waals surface area contributed by atoms with Gasteiger partial charge in [0.15, 0.2) is 28.9 Å². The number of carboxylic acids is 1. The van der Waals surface area contributed by atoms with Crippen molar-refractivity contribution in [1.82, 2.24) is 20.3 Å². The monoisotopic (exact) mass is 583 g/mol. The van der Waals surface area contributed by atoms with Gasteiger partial charge in [-0.1, -0.05) is 15.9 Å². The summed E-state index contributed by atoms with van der Waals surface area (Å²) in [4.78, 5) is 47.7. The lowest BCUT2D eigenvalue weighted by Gasteiger charge is -2.50. The second-order valence-corrected chi connectivity index (χ2v) is 10.6. The molecule has 14 nitrogen and oxygen atoms in total. The van der Waals surface area contributed by atoms with Crippen molar-refractivity contribution in [3.63, 3.8) is 0 Å². The van der Waals surface area contributed by atoms with Crippen LogP contribution in [0.15, 0.2) is 58.5 Å². The Balaban J connectivity index is 1.30. The number of phenolic OH excluding ortho intramolecular Hbond substituents is 2. The fourth-order valence-electron chi connectivity index (χ4n) is 4.23. The van der Waals surface area contributed by atoms with Gasteiger partial charge in [0.1, 0.15) is 30.4 Å². The third kappa shape index (κ3) is 5.01. The van der Waals surface area contributed by atoms with Crippen LogP contribution >= 0.6 is 23.1 Å². The molecule has 0 aliphatic carbocycles. The molecule has 3 aromatic rings. The number of nitrogens with one attached hydrogen (secondary N) is 1. The van der Waals surface area contributed by atoms with E-state index in [1.54, 1.807) is 23.0 Å². The number of hydrogen-bond acceptors (Lipinski definition) is 13. The van der Waals surface area contributed by atoms with Crippen LogP contribution in [0.1, 0.15) is 5.69 Å². The third-order valence-corrected chi connectivity index (χ3v) is 8.04. The van der Waals surface area contributed by atoms with E-state index in [-0.39, 0.29) is 46.0 Å². The fraction of sp³-hybridized carbons (Fsp3) is 0.208. The number of carbonyl (C=O) groups excluding carboxylic acids is 3. The largest absolute Gasteiger partial charge is 0.543 e. The van der Waals surface area contributed by atoms with Crippen molar-refractivity contribution < 1.29 is 39.2 Å². The Bertz CT molecular complexity index is 1630. The van der Waals surface area contributed by atoms with Crippen LogP contribution in [0.2, 0.25) is 0 Å². The van der Waals surface area contributed by atoms with Gasteiger partial charge < -0.3 is 36.0 Å². The van der Waals surface area contributed by atoms with E-state index in [4.69, 9.17) is 10.6 Å². The van der Waals surface area contributed by atoms with Crippen molar-refractivity contribution >= 4 is 62.5 Å². The molecule has 1 unspecified atom stereocenters. The Labute approximate surface area is 234 Å². The molecule has 1 fully saturated rings. The molecule has 5 N–H and O–H groups in total. The van der Waals surface area contributed by atoms with Crippen LogP contribution in [0.4, 0.5) is 5.13 Å². The number of hydrogen-bond donors (Lipinski definition) is 4. The maximum atomic E-state index is 13.0. The van der Waals surface area contributed by atoms with E-state index in [0.717, 1.165) is 16.2 Å². The molecule has 0 radical (unpaired) electrons.